The highest BCUT2D eigenvalue weighted by atomic mass is 32.1. The summed E-state index contributed by atoms with van der Waals surface area (Å²) in [7, 11) is 1.77. The second kappa shape index (κ2) is 8.32. The molecule has 1 N–H and O–H groups in total. The number of nitrogens with zero attached hydrogens (tertiary/aromatic N) is 3. The van der Waals surface area contributed by atoms with Gasteiger partial charge in [0.1, 0.15) is 0 Å². The normalized spacial score (nSPS) is 15.9. The second-order valence-electron chi connectivity index (χ2n) is 7.31. The summed E-state index contributed by atoms with van der Waals surface area (Å²) >= 11 is 1.74. The molecule has 4 rings (SSSR count). The molecule has 2 aromatic heterocycles. The van der Waals surface area contributed by atoms with Crippen molar-refractivity contribution >= 4 is 28.3 Å². The van der Waals surface area contributed by atoms with Gasteiger partial charge >= 0.3 is 5.69 Å². The smallest absolute Gasteiger partial charge is 0.328 e. The lowest BCUT2D eigenvalue weighted by Crippen LogP contribution is -2.37. The molecule has 0 radical (unpaired) electrons. The van der Waals surface area contributed by atoms with Gasteiger partial charge in [-0.25, -0.2) is 4.79 Å². The van der Waals surface area contributed by atoms with Gasteiger partial charge in [0.2, 0.25) is 5.91 Å². The van der Waals surface area contributed by atoms with Crippen LogP contribution in [0.25, 0.3) is 11.0 Å². The van der Waals surface area contributed by atoms with E-state index in [1.807, 2.05) is 24.3 Å². The summed E-state index contributed by atoms with van der Waals surface area (Å²) in [6.45, 7) is 3.18. The number of aromatic nitrogens is 2. The first-order valence-electron chi connectivity index (χ1n) is 9.83. The van der Waals surface area contributed by atoms with Crippen LogP contribution in [0.1, 0.15) is 30.2 Å². The molecule has 148 valence electrons. The minimum Gasteiger partial charge on any atom is -0.354 e. The van der Waals surface area contributed by atoms with E-state index in [2.05, 4.69) is 27.7 Å². The third-order valence-electron chi connectivity index (χ3n) is 5.56. The first kappa shape index (κ1) is 19.0. The van der Waals surface area contributed by atoms with E-state index in [4.69, 9.17) is 0 Å². The first-order chi connectivity index (χ1) is 13.6. The van der Waals surface area contributed by atoms with Gasteiger partial charge < -0.3 is 5.32 Å². The zero-order chi connectivity index (χ0) is 19.5. The summed E-state index contributed by atoms with van der Waals surface area (Å²) < 4.78 is 3.32. The van der Waals surface area contributed by atoms with Crippen molar-refractivity contribution in [3.63, 3.8) is 0 Å². The second-order valence-corrected chi connectivity index (χ2v) is 8.29. The molecule has 1 unspecified atom stereocenters. The van der Waals surface area contributed by atoms with E-state index in [9.17, 15) is 9.59 Å². The number of thiophene rings is 1. The van der Waals surface area contributed by atoms with Crippen LogP contribution in [0.15, 0.2) is 46.6 Å². The SMILES string of the molecule is Cn1c(=O)n(CCC(=O)NCC(c2cccs2)N2CCCC2)c2ccccc21. The number of carbonyl (C=O) groups is 1. The Kier molecular flexibility index (Phi) is 5.64. The molecule has 3 aromatic rings. The van der Waals surface area contributed by atoms with Crippen molar-refractivity contribution in [1.29, 1.82) is 0 Å². The van der Waals surface area contributed by atoms with E-state index >= 15 is 0 Å². The maximum atomic E-state index is 12.5. The van der Waals surface area contributed by atoms with Gasteiger partial charge in [0, 0.05) is 31.4 Å². The fourth-order valence-corrected chi connectivity index (χ4v) is 4.90. The lowest BCUT2D eigenvalue weighted by atomic mass is 10.2. The summed E-state index contributed by atoms with van der Waals surface area (Å²) in [6.07, 6.45) is 2.74. The predicted octanol–water partition coefficient (Wildman–Crippen LogP) is 2.74. The molecule has 0 aliphatic carbocycles. The van der Waals surface area contributed by atoms with E-state index in [0.717, 1.165) is 24.1 Å². The molecule has 1 aromatic carbocycles. The highest BCUT2D eigenvalue weighted by molar-refractivity contribution is 7.10. The molecule has 1 atom stereocenters. The summed E-state index contributed by atoms with van der Waals surface area (Å²) in [5, 5.41) is 5.19. The highest BCUT2D eigenvalue weighted by Gasteiger charge is 2.24. The number of para-hydroxylation sites is 2. The van der Waals surface area contributed by atoms with Crippen molar-refractivity contribution in [2.24, 2.45) is 7.05 Å². The molecule has 1 saturated heterocycles. The van der Waals surface area contributed by atoms with Gasteiger partial charge in [-0.2, -0.15) is 0 Å². The average molecular weight is 399 g/mol. The number of imidazole rings is 1. The molecule has 1 amide bonds. The number of likely N-dealkylation sites (tertiary alicyclic amines) is 1. The van der Waals surface area contributed by atoms with Crippen LogP contribution in [-0.4, -0.2) is 39.6 Å². The zero-order valence-corrected chi connectivity index (χ0v) is 17.0. The Balaban J connectivity index is 1.39. The van der Waals surface area contributed by atoms with Gasteiger partial charge in [0.25, 0.3) is 0 Å². The van der Waals surface area contributed by atoms with Crippen LogP contribution in [0, 0.1) is 0 Å². The van der Waals surface area contributed by atoms with Crippen molar-refractivity contribution < 1.29 is 4.79 Å². The Morgan fingerprint density at radius 3 is 2.61 bits per heavy atom. The van der Waals surface area contributed by atoms with Crippen molar-refractivity contribution in [3.05, 3.63) is 57.1 Å². The number of carbonyl (C=O) groups excluding carboxylic acids is 1. The number of amides is 1. The summed E-state index contributed by atoms with van der Waals surface area (Å²) in [4.78, 5) is 28.8. The fourth-order valence-electron chi connectivity index (χ4n) is 4.04. The molecule has 1 fully saturated rings. The third-order valence-corrected chi connectivity index (χ3v) is 6.53. The zero-order valence-electron chi connectivity index (χ0n) is 16.1. The Bertz CT molecular complexity index is 999. The van der Waals surface area contributed by atoms with Crippen LogP contribution in [0.4, 0.5) is 0 Å². The number of rotatable bonds is 7. The van der Waals surface area contributed by atoms with Crippen molar-refractivity contribution in [2.45, 2.75) is 31.8 Å². The molecule has 0 spiro atoms. The van der Waals surface area contributed by atoms with Crippen LogP contribution in [-0.2, 0) is 18.4 Å². The van der Waals surface area contributed by atoms with Crippen LogP contribution < -0.4 is 11.0 Å². The summed E-state index contributed by atoms with van der Waals surface area (Å²) in [5.74, 6) is -0.0133. The Morgan fingerprint density at radius 1 is 1.14 bits per heavy atom. The van der Waals surface area contributed by atoms with Crippen LogP contribution in [0.3, 0.4) is 0 Å². The predicted molar refractivity (Wildman–Crippen MR) is 113 cm³/mol. The number of hydrogen-bond donors (Lipinski definition) is 1. The number of aryl methyl sites for hydroxylation is 2. The molecule has 1 aliphatic heterocycles. The minimum atomic E-state index is -0.0810. The molecular weight excluding hydrogens is 372 g/mol. The van der Waals surface area contributed by atoms with Crippen LogP contribution >= 0.6 is 11.3 Å². The van der Waals surface area contributed by atoms with E-state index in [-0.39, 0.29) is 17.6 Å². The Morgan fingerprint density at radius 2 is 1.89 bits per heavy atom. The van der Waals surface area contributed by atoms with E-state index in [1.165, 1.54) is 17.7 Å². The van der Waals surface area contributed by atoms with E-state index in [1.54, 1.807) is 27.5 Å². The molecular formula is C21H26N4O2S. The summed E-state index contributed by atoms with van der Waals surface area (Å²) in [5.41, 5.74) is 1.68. The molecule has 3 heterocycles. The fraction of sp³-hybridized carbons (Fsp3) is 0.429. The molecule has 6 nitrogen and oxygen atoms in total. The molecule has 1 aliphatic rings. The van der Waals surface area contributed by atoms with Crippen molar-refractivity contribution in [3.8, 4) is 0 Å². The van der Waals surface area contributed by atoms with Gasteiger partial charge in [-0.1, -0.05) is 18.2 Å². The molecule has 0 bridgehead atoms. The largest absolute Gasteiger partial charge is 0.354 e. The molecule has 7 heteroatoms. The van der Waals surface area contributed by atoms with Gasteiger partial charge in [-0.15, -0.1) is 11.3 Å². The Hall–Kier alpha value is -2.38. The van der Waals surface area contributed by atoms with E-state index < -0.39 is 0 Å². The Labute approximate surface area is 168 Å². The number of benzene rings is 1. The topological polar surface area (TPSA) is 59.3 Å². The van der Waals surface area contributed by atoms with Crippen LogP contribution in [0.2, 0.25) is 0 Å². The minimum absolute atomic E-state index is 0.0133. The number of hydrogen-bond acceptors (Lipinski definition) is 4. The van der Waals surface area contributed by atoms with Crippen molar-refractivity contribution in [2.75, 3.05) is 19.6 Å². The maximum Gasteiger partial charge on any atom is 0.328 e. The van der Waals surface area contributed by atoms with Gasteiger partial charge in [0.15, 0.2) is 0 Å². The molecule has 0 saturated carbocycles. The number of fused-ring (bicyclic) bond motifs is 1. The lowest BCUT2D eigenvalue weighted by molar-refractivity contribution is -0.121. The third kappa shape index (κ3) is 3.77. The first-order valence-corrected chi connectivity index (χ1v) is 10.7. The molecule has 28 heavy (non-hydrogen) atoms. The van der Waals surface area contributed by atoms with E-state index in [0.29, 0.717) is 19.5 Å². The van der Waals surface area contributed by atoms with Gasteiger partial charge in [-0.3, -0.25) is 18.8 Å². The standard InChI is InChI=1S/C21H26N4O2S/c1-23-16-7-2-3-8-17(16)25(21(23)27)13-10-20(26)22-15-18(19-9-6-14-28-19)24-11-4-5-12-24/h2-3,6-9,14,18H,4-5,10-13,15H2,1H3,(H,22,26). The van der Waals surface area contributed by atoms with Crippen LogP contribution in [0.5, 0.6) is 0 Å². The monoisotopic (exact) mass is 398 g/mol. The van der Waals surface area contributed by atoms with Crippen molar-refractivity contribution in [1.82, 2.24) is 19.4 Å². The average Bonchev–Trinajstić information content (AvgIpc) is 3.46. The summed E-state index contributed by atoms with van der Waals surface area (Å²) in [6, 6.07) is 12.1. The lowest BCUT2D eigenvalue weighted by Gasteiger charge is -2.26. The van der Waals surface area contributed by atoms with Gasteiger partial charge in [-0.05, 0) is 49.5 Å². The quantitative estimate of drug-likeness (QED) is 0.666. The maximum absolute atomic E-state index is 12.5. The van der Waals surface area contributed by atoms with Gasteiger partial charge in [0.05, 0.1) is 17.1 Å². The number of nitrogens with one attached hydrogen (secondary N) is 1. The highest BCUT2D eigenvalue weighted by Crippen LogP contribution is 2.27.